The number of hydrogen-bond acceptors (Lipinski definition) is 3. The second-order valence-corrected chi connectivity index (χ2v) is 4.93. The standard InChI is InChI=1S/C14H19F2NO2/c15-12-4-3-11(6-13(12)16)14(18)8-17-7-10-2-1-5-19-9-10/h3-4,6,10,14,17-18H,1-2,5,7-9H2. The van der Waals surface area contributed by atoms with Gasteiger partial charge in [-0.15, -0.1) is 0 Å². The lowest BCUT2D eigenvalue weighted by Crippen LogP contribution is -2.31. The van der Waals surface area contributed by atoms with Crippen LogP contribution in [-0.2, 0) is 4.74 Å². The number of aliphatic hydroxyl groups is 1. The van der Waals surface area contributed by atoms with E-state index in [9.17, 15) is 13.9 Å². The molecule has 0 bridgehead atoms. The van der Waals surface area contributed by atoms with Gasteiger partial charge in [0.2, 0.25) is 0 Å². The molecule has 2 N–H and O–H groups in total. The van der Waals surface area contributed by atoms with E-state index >= 15 is 0 Å². The molecule has 2 rings (SSSR count). The molecule has 2 atom stereocenters. The minimum absolute atomic E-state index is 0.321. The first-order valence-corrected chi connectivity index (χ1v) is 6.58. The van der Waals surface area contributed by atoms with E-state index in [1.807, 2.05) is 0 Å². The molecule has 1 heterocycles. The minimum Gasteiger partial charge on any atom is -0.387 e. The summed E-state index contributed by atoms with van der Waals surface area (Å²) in [5, 5.41) is 13.0. The van der Waals surface area contributed by atoms with Crippen molar-refractivity contribution in [2.75, 3.05) is 26.3 Å². The summed E-state index contributed by atoms with van der Waals surface area (Å²) < 4.78 is 31.2. The number of hydrogen-bond donors (Lipinski definition) is 2. The van der Waals surface area contributed by atoms with Crippen molar-refractivity contribution in [2.24, 2.45) is 5.92 Å². The average Bonchev–Trinajstić information content (AvgIpc) is 2.43. The Kier molecular flexibility index (Phi) is 5.24. The molecule has 2 unspecified atom stereocenters. The van der Waals surface area contributed by atoms with Crippen molar-refractivity contribution in [1.29, 1.82) is 0 Å². The normalized spacial score (nSPS) is 21.3. The van der Waals surface area contributed by atoms with Gasteiger partial charge in [0.25, 0.3) is 0 Å². The largest absolute Gasteiger partial charge is 0.387 e. The molecule has 0 aliphatic carbocycles. The molecule has 1 aromatic carbocycles. The van der Waals surface area contributed by atoms with E-state index in [-0.39, 0.29) is 0 Å². The Labute approximate surface area is 111 Å². The van der Waals surface area contributed by atoms with Crippen molar-refractivity contribution >= 4 is 0 Å². The third-order valence-corrected chi connectivity index (χ3v) is 3.35. The third-order valence-electron chi connectivity index (χ3n) is 3.35. The lowest BCUT2D eigenvalue weighted by atomic mass is 10.0. The molecule has 0 saturated carbocycles. The van der Waals surface area contributed by atoms with Gasteiger partial charge in [-0.1, -0.05) is 6.07 Å². The van der Waals surface area contributed by atoms with Crippen LogP contribution in [0.1, 0.15) is 24.5 Å². The van der Waals surface area contributed by atoms with Crippen LogP contribution in [0.2, 0.25) is 0 Å². The van der Waals surface area contributed by atoms with Gasteiger partial charge in [0.15, 0.2) is 11.6 Å². The van der Waals surface area contributed by atoms with Crippen LogP contribution in [0, 0.1) is 17.6 Å². The summed E-state index contributed by atoms with van der Waals surface area (Å²) in [6, 6.07) is 3.46. The molecule has 1 aliphatic rings. The van der Waals surface area contributed by atoms with Crippen LogP contribution in [-0.4, -0.2) is 31.4 Å². The zero-order chi connectivity index (χ0) is 13.7. The molecule has 0 amide bonds. The first kappa shape index (κ1) is 14.4. The maximum Gasteiger partial charge on any atom is 0.159 e. The van der Waals surface area contributed by atoms with Crippen molar-refractivity contribution in [3.8, 4) is 0 Å². The van der Waals surface area contributed by atoms with Gasteiger partial charge in [-0.2, -0.15) is 0 Å². The highest BCUT2D eigenvalue weighted by molar-refractivity contribution is 5.20. The van der Waals surface area contributed by atoms with Gasteiger partial charge in [-0.25, -0.2) is 8.78 Å². The Balaban J connectivity index is 1.76. The number of nitrogens with one attached hydrogen (secondary N) is 1. The van der Waals surface area contributed by atoms with E-state index < -0.39 is 17.7 Å². The van der Waals surface area contributed by atoms with E-state index in [0.717, 1.165) is 44.7 Å². The molecule has 1 aromatic rings. The fraction of sp³-hybridized carbons (Fsp3) is 0.571. The first-order valence-electron chi connectivity index (χ1n) is 6.58. The topological polar surface area (TPSA) is 41.5 Å². The van der Waals surface area contributed by atoms with Gasteiger partial charge in [0, 0.05) is 19.7 Å². The maximum absolute atomic E-state index is 13.0. The Hall–Kier alpha value is -1.04. The maximum atomic E-state index is 13.0. The smallest absolute Gasteiger partial charge is 0.159 e. The molecule has 0 aromatic heterocycles. The highest BCUT2D eigenvalue weighted by atomic mass is 19.2. The van der Waals surface area contributed by atoms with Gasteiger partial charge in [0.05, 0.1) is 12.7 Å². The summed E-state index contributed by atoms with van der Waals surface area (Å²) in [6.07, 6.45) is 1.35. The summed E-state index contributed by atoms with van der Waals surface area (Å²) in [5.74, 6) is -1.37. The summed E-state index contributed by atoms with van der Waals surface area (Å²) in [4.78, 5) is 0. The van der Waals surface area contributed by atoms with Gasteiger partial charge < -0.3 is 15.2 Å². The molecule has 3 nitrogen and oxygen atoms in total. The molecule has 5 heteroatoms. The zero-order valence-corrected chi connectivity index (χ0v) is 10.7. The lowest BCUT2D eigenvalue weighted by Gasteiger charge is -2.23. The highest BCUT2D eigenvalue weighted by Gasteiger charge is 2.15. The summed E-state index contributed by atoms with van der Waals surface area (Å²) >= 11 is 0. The Morgan fingerprint density at radius 2 is 2.21 bits per heavy atom. The van der Waals surface area contributed by atoms with Crippen LogP contribution in [0.15, 0.2) is 18.2 Å². The molecule has 0 radical (unpaired) electrons. The summed E-state index contributed by atoms with van der Waals surface area (Å²) in [5.41, 5.74) is 0.381. The second-order valence-electron chi connectivity index (χ2n) is 4.93. The molecular weight excluding hydrogens is 252 g/mol. The molecule has 106 valence electrons. The molecule has 1 fully saturated rings. The van der Waals surface area contributed by atoms with Crippen LogP contribution < -0.4 is 5.32 Å². The number of aliphatic hydroxyl groups excluding tert-OH is 1. The summed E-state index contributed by atoms with van der Waals surface area (Å²) in [7, 11) is 0. The van der Waals surface area contributed by atoms with Crippen molar-refractivity contribution in [2.45, 2.75) is 18.9 Å². The quantitative estimate of drug-likeness (QED) is 0.861. The Morgan fingerprint density at radius 3 is 2.89 bits per heavy atom. The van der Waals surface area contributed by atoms with E-state index in [0.29, 0.717) is 18.0 Å². The molecule has 0 spiro atoms. The van der Waals surface area contributed by atoms with Crippen LogP contribution in [0.4, 0.5) is 8.78 Å². The Bertz CT molecular complexity index is 408. The SMILES string of the molecule is OC(CNCC1CCCOC1)c1ccc(F)c(F)c1. The van der Waals surface area contributed by atoms with Gasteiger partial charge >= 0.3 is 0 Å². The predicted octanol–water partition coefficient (Wildman–Crippen LogP) is 2.01. The number of benzene rings is 1. The number of ether oxygens (including phenoxy) is 1. The van der Waals surface area contributed by atoms with E-state index in [1.54, 1.807) is 0 Å². The van der Waals surface area contributed by atoms with Gasteiger partial charge in [0.1, 0.15) is 0 Å². The average molecular weight is 271 g/mol. The van der Waals surface area contributed by atoms with Crippen molar-refractivity contribution in [1.82, 2.24) is 5.32 Å². The number of halogens is 2. The van der Waals surface area contributed by atoms with Crippen molar-refractivity contribution in [3.63, 3.8) is 0 Å². The molecular formula is C14H19F2NO2. The van der Waals surface area contributed by atoms with E-state index in [2.05, 4.69) is 5.32 Å². The fourth-order valence-electron chi connectivity index (χ4n) is 2.23. The van der Waals surface area contributed by atoms with Crippen molar-refractivity contribution in [3.05, 3.63) is 35.4 Å². The van der Waals surface area contributed by atoms with E-state index in [4.69, 9.17) is 4.74 Å². The van der Waals surface area contributed by atoms with Crippen LogP contribution in [0.3, 0.4) is 0 Å². The Morgan fingerprint density at radius 1 is 1.37 bits per heavy atom. The van der Waals surface area contributed by atoms with Crippen molar-refractivity contribution < 1.29 is 18.6 Å². The fourth-order valence-corrected chi connectivity index (χ4v) is 2.23. The van der Waals surface area contributed by atoms with E-state index in [1.165, 1.54) is 6.07 Å². The highest BCUT2D eigenvalue weighted by Crippen LogP contribution is 2.16. The second kappa shape index (κ2) is 6.93. The third kappa shape index (κ3) is 4.23. The number of rotatable bonds is 5. The van der Waals surface area contributed by atoms with Gasteiger partial charge in [-0.05, 0) is 36.5 Å². The van der Waals surface area contributed by atoms with Crippen LogP contribution in [0.25, 0.3) is 0 Å². The first-order chi connectivity index (χ1) is 9.16. The van der Waals surface area contributed by atoms with Gasteiger partial charge in [-0.3, -0.25) is 0 Å². The predicted molar refractivity (Wildman–Crippen MR) is 67.7 cm³/mol. The van der Waals surface area contributed by atoms with Crippen LogP contribution >= 0.6 is 0 Å². The van der Waals surface area contributed by atoms with Crippen LogP contribution in [0.5, 0.6) is 0 Å². The molecule has 1 saturated heterocycles. The molecule has 19 heavy (non-hydrogen) atoms. The summed E-state index contributed by atoms with van der Waals surface area (Å²) in [6.45, 7) is 2.66. The minimum atomic E-state index is -0.933. The zero-order valence-electron chi connectivity index (χ0n) is 10.7. The molecule has 1 aliphatic heterocycles. The monoisotopic (exact) mass is 271 g/mol. The lowest BCUT2D eigenvalue weighted by molar-refractivity contribution is 0.0532.